The van der Waals surface area contributed by atoms with Gasteiger partial charge in [0.15, 0.2) is 17.3 Å². The Kier molecular flexibility index (Phi) is 4.41. The number of nitrogens with one attached hydrogen (secondary N) is 1. The second kappa shape index (κ2) is 6.66. The minimum absolute atomic E-state index is 0.0710. The van der Waals surface area contributed by atoms with Gasteiger partial charge in [-0.1, -0.05) is 6.07 Å². The van der Waals surface area contributed by atoms with Crippen LogP contribution in [0.3, 0.4) is 0 Å². The molecule has 0 radical (unpaired) electrons. The van der Waals surface area contributed by atoms with Crippen molar-refractivity contribution in [3.05, 3.63) is 47.7 Å². The molecule has 3 aliphatic rings. The van der Waals surface area contributed by atoms with Crippen LogP contribution in [0.5, 0.6) is 11.5 Å². The van der Waals surface area contributed by atoms with E-state index < -0.39 is 21.5 Å². The highest BCUT2D eigenvalue weighted by molar-refractivity contribution is 7.90. The molecule has 0 saturated heterocycles. The summed E-state index contributed by atoms with van der Waals surface area (Å²) in [6.45, 7) is 5.00. The quantitative estimate of drug-likeness (QED) is 0.817. The number of benzene rings is 1. The van der Waals surface area contributed by atoms with E-state index in [4.69, 9.17) is 9.47 Å². The number of carbonyl (C=O) groups is 1. The lowest BCUT2D eigenvalue weighted by Crippen LogP contribution is -2.46. The third kappa shape index (κ3) is 3.49. The first-order valence-electron chi connectivity index (χ1n) is 8.96. The zero-order valence-electron chi connectivity index (χ0n) is 15.6. The molecule has 4 rings (SSSR count). The second-order valence-corrected chi connectivity index (χ2v) is 9.01. The minimum atomic E-state index is -3.56. The summed E-state index contributed by atoms with van der Waals surface area (Å²) >= 11 is 0. The Balaban J connectivity index is 1.59. The fraction of sp³-hybridized carbons (Fsp3) is 0.368. The van der Waals surface area contributed by atoms with Crippen LogP contribution >= 0.6 is 0 Å². The van der Waals surface area contributed by atoms with Gasteiger partial charge in [-0.15, -0.1) is 4.40 Å². The van der Waals surface area contributed by atoms with Crippen molar-refractivity contribution in [1.82, 2.24) is 10.2 Å². The molecule has 0 aromatic heterocycles. The van der Waals surface area contributed by atoms with E-state index in [1.165, 1.54) is 0 Å². The molecule has 1 N–H and O–H groups in total. The zero-order valence-corrected chi connectivity index (χ0v) is 16.5. The van der Waals surface area contributed by atoms with E-state index in [0.717, 1.165) is 5.56 Å². The summed E-state index contributed by atoms with van der Waals surface area (Å²) in [5.74, 6) is 1.00. The van der Waals surface area contributed by atoms with Gasteiger partial charge in [-0.05, 0) is 43.7 Å². The summed E-state index contributed by atoms with van der Waals surface area (Å²) in [7, 11) is -3.56. The fourth-order valence-electron chi connectivity index (χ4n) is 3.25. The molecule has 28 heavy (non-hydrogen) atoms. The highest BCUT2D eigenvalue weighted by atomic mass is 32.2. The van der Waals surface area contributed by atoms with Gasteiger partial charge in [0.05, 0.1) is 16.9 Å². The lowest BCUT2D eigenvalue weighted by molar-refractivity contribution is -0.118. The first-order valence-corrected chi connectivity index (χ1v) is 10.6. The van der Waals surface area contributed by atoms with Crippen LogP contribution in [0.1, 0.15) is 19.4 Å². The smallest absolute Gasteiger partial charge is 0.256 e. The van der Waals surface area contributed by atoms with Crippen LogP contribution in [0.25, 0.3) is 0 Å². The van der Waals surface area contributed by atoms with Gasteiger partial charge in [0.2, 0.25) is 0 Å². The molecule has 0 aliphatic carbocycles. The van der Waals surface area contributed by atoms with Crippen LogP contribution in [-0.2, 0) is 20.4 Å². The van der Waals surface area contributed by atoms with E-state index in [1.807, 2.05) is 32.0 Å². The summed E-state index contributed by atoms with van der Waals surface area (Å²) in [6.07, 6.45) is 5.00. The number of fused-ring (bicyclic) bond motifs is 2. The molecule has 0 atom stereocenters. The highest BCUT2D eigenvalue weighted by Crippen LogP contribution is 2.34. The van der Waals surface area contributed by atoms with E-state index in [1.54, 1.807) is 23.3 Å². The summed E-state index contributed by atoms with van der Waals surface area (Å²) in [4.78, 5) is 14.6. The molecule has 3 aliphatic heterocycles. The number of nitrogens with zero attached hydrogens (tertiary/aromatic N) is 2. The van der Waals surface area contributed by atoms with Crippen molar-refractivity contribution >= 4 is 21.8 Å². The second-order valence-electron chi connectivity index (χ2n) is 7.25. The van der Waals surface area contributed by atoms with Crippen molar-refractivity contribution in [1.29, 1.82) is 0 Å². The molecule has 1 aromatic rings. The minimum Gasteiger partial charge on any atom is -0.486 e. The molecule has 0 saturated carbocycles. The van der Waals surface area contributed by atoms with Gasteiger partial charge in [-0.2, -0.15) is 0 Å². The third-order valence-electron chi connectivity index (χ3n) is 4.79. The summed E-state index contributed by atoms with van der Waals surface area (Å²) in [5, 5.41) is 2.97. The van der Waals surface area contributed by atoms with Crippen LogP contribution < -0.4 is 14.8 Å². The SMILES string of the molecule is CC(C)(NC(=O)C1=CC=CN2CCS(=O)(=O)N=C12)c1ccc2c(c1)OCCO2. The topological polar surface area (TPSA) is 97.3 Å². The van der Waals surface area contributed by atoms with Gasteiger partial charge in [0, 0.05) is 12.7 Å². The van der Waals surface area contributed by atoms with Crippen molar-refractivity contribution in [3.63, 3.8) is 0 Å². The molecule has 0 fully saturated rings. The van der Waals surface area contributed by atoms with Crippen LogP contribution in [-0.4, -0.2) is 50.6 Å². The number of amidine groups is 1. The van der Waals surface area contributed by atoms with Gasteiger partial charge in [-0.25, -0.2) is 8.42 Å². The molecule has 0 spiro atoms. The van der Waals surface area contributed by atoms with Crippen molar-refractivity contribution < 1.29 is 22.7 Å². The van der Waals surface area contributed by atoms with Crippen molar-refractivity contribution in [2.24, 2.45) is 4.40 Å². The van der Waals surface area contributed by atoms with Crippen LogP contribution in [0, 0.1) is 0 Å². The number of hydrogen-bond donors (Lipinski definition) is 1. The van der Waals surface area contributed by atoms with Gasteiger partial charge in [-0.3, -0.25) is 4.79 Å². The van der Waals surface area contributed by atoms with Gasteiger partial charge in [0.1, 0.15) is 13.2 Å². The van der Waals surface area contributed by atoms with E-state index in [0.29, 0.717) is 24.7 Å². The van der Waals surface area contributed by atoms with Crippen LogP contribution in [0.4, 0.5) is 0 Å². The Labute approximate surface area is 163 Å². The van der Waals surface area contributed by atoms with Gasteiger partial charge in [0.25, 0.3) is 15.9 Å². The number of allylic oxidation sites excluding steroid dienone is 2. The Hall–Kier alpha value is -2.81. The number of ether oxygens (including phenoxy) is 2. The monoisotopic (exact) mass is 403 g/mol. The molecule has 1 aromatic carbocycles. The largest absolute Gasteiger partial charge is 0.486 e. The lowest BCUT2D eigenvalue weighted by Gasteiger charge is -2.32. The molecule has 0 unspecified atom stereocenters. The lowest BCUT2D eigenvalue weighted by atomic mass is 9.93. The summed E-state index contributed by atoms with van der Waals surface area (Å²) < 4.78 is 38.7. The van der Waals surface area contributed by atoms with Crippen molar-refractivity contribution in [2.75, 3.05) is 25.5 Å². The number of rotatable bonds is 3. The zero-order chi connectivity index (χ0) is 19.9. The predicted molar refractivity (Wildman–Crippen MR) is 104 cm³/mol. The molecular formula is C19H21N3O5S. The first kappa shape index (κ1) is 18.5. The molecule has 148 valence electrons. The number of amides is 1. The summed E-state index contributed by atoms with van der Waals surface area (Å²) in [5.41, 5.74) is 0.330. The fourth-order valence-corrected chi connectivity index (χ4v) is 4.23. The number of sulfonamides is 1. The average Bonchev–Trinajstić information content (AvgIpc) is 2.66. The van der Waals surface area contributed by atoms with Crippen molar-refractivity contribution in [3.8, 4) is 11.5 Å². The van der Waals surface area contributed by atoms with Gasteiger partial charge >= 0.3 is 0 Å². The number of hydrogen-bond acceptors (Lipinski definition) is 6. The predicted octanol–water partition coefficient (Wildman–Crippen LogP) is 1.31. The molecule has 0 bridgehead atoms. The Morgan fingerprint density at radius 2 is 1.96 bits per heavy atom. The van der Waals surface area contributed by atoms with E-state index in [2.05, 4.69) is 9.71 Å². The maximum absolute atomic E-state index is 13.0. The molecular weight excluding hydrogens is 382 g/mol. The third-order valence-corrected chi connectivity index (χ3v) is 5.94. The first-order chi connectivity index (χ1) is 13.3. The Bertz CT molecular complexity index is 1020. The van der Waals surface area contributed by atoms with Crippen molar-refractivity contribution in [2.45, 2.75) is 19.4 Å². The van der Waals surface area contributed by atoms with E-state index in [-0.39, 0.29) is 23.7 Å². The maximum atomic E-state index is 13.0. The van der Waals surface area contributed by atoms with Crippen LogP contribution in [0.15, 0.2) is 46.5 Å². The summed E-state index contributed by atoms with van der Waals surface area (Å²) in [6, 6.07) is 5.54. The van der Waals surface area contributed by atoms with E-state index in [9.17, 15) is 13.2 Å². The Morgan fingerprint density at radius 3 is 2.75 bits per heavy atom. The molecule has 3 heterocycles. The standard InChI is InChI=1S/C19H21N3O5S/c1-19(2,13-5-6-15-16(12-13)27-10-9-26-15)20-18(23)14-4-3-7-22-8-11-28(24,25)21-17(14)22/h3-7,12H,8-11H2,1-2H3,(H,20,23). The van der Waals surface area contributed by atoms with E-state index >= 15 is 0 Å². The van der Waals surface area contributed by atoms with Crippen LogP contribution in [0.2, 0.25) is 0 Å². The highest BCUT2D eigenvalue weighted by Gasteiger charge is 2.33. The maximum Gasteiger partial charge on any atom is 0.256 e. The number of carbonyl (C=O) groups excluding carboxylic acids is 1. The average molecular weight is 403 g/mol. The molecule has 1 amide bonds. The Morgan fingerprint density at radius 1 is 1.21 bits per heavy atom. The molecule has 8 nitrogen and oxygen atoms in total. The molecule has 9 heteroatoms. The van der Waals surface area contributed by atoms with Gasteiger partial charge < -0.3 is 19.7 Å². The normalized spacial score (nSPS) is 20.0.